The van der Waals surface area contributed by atoms with Crippen LogP contribution in [0.3, 0.4) is 0 Å². The van der Waals surface area contributed by atoms with Crippen LogP contribution in [0.2, 0.25) is 0 Å². The normalized spacial score (nSPS) is 13.2. The van der Waals surface area contributed by atoms with Crippen LogP contribution < -0.4 is 0 Å². The van der Waals surface area contributed by atoms with Gasteiger partial charge in [-0.15, -0.1) is 0 Å². The van der Waals surface area contributed by atoms with Gasteiger partial charge in [-0.3, -0.25) is 4.55 Å². The van der Waals surface area contributed by atoms with Crippen LogP contribution in [-0.2, 0) is 14.6 Å². The lowest BCUT2D eigenvalue weighted by molar-refractivity contribution is 0.0450. The highest BCUT2D eigenvalue weighted by molar-refractivity contribution is 7.80. The molecule has 0 rings (SSSR count). The Morgan fingerprint density at radius 3 is 1.50 bits per heavy atom. The minimum absolute atomic E-state index is 0.365. The van der Waals surface area contributed by atoms with Crippen molar-refractivity contribution in [2.45, 2.75) is 12.2 Å². The minimum atomic E-state index is -4.50. The number of aliphatic hydroxyl groups excluding tert-OH is 5. The molecule has 1 unspecified atom stereocenters. The first kappa shape index (κ1) is 18.0. The van der Waals surface area contributed by atoms with E-state index in [-0.39, 0.29) is 13.2 Å². The monoisotopic (exact) mass is 264 g/mol. The first-order valence-electron chi connectivity index (χ1n) is 4.07. The van der Waals surface area contributed by atoms with Gasteiger partial charge in [0.25, 0.3) is 0 Å². The molecule has 0 aliphatic heterocycles. The molecule has 0 aromatic rings. The smallest absolute Gasteiger partial charge is 0.394 e. The van der Waals surface area contributed by atoms with Gasteiger partial charge in [0.1, 0.15) is 12.2 Å². The Bertz CT molecular complexity index is 234. The number of hydrogen-bond acceptors (Lipinski definition) is 8. The van der Waals surface area contributed by atoms with Gasteiger partial charge in [0.05, 0.1) is 26.4 Å². The first-order chi connectivity index (χ1) is 7.26. The van der Waals surface area contributed by atoms with Gasteiger partial charge in [-0.2, -0.15) is 8.42 Å². The predicted molar refractivity (Wildman–Crippen MR) is 50.8 cm³/mol. The summed E-state index contributed by atoms with van der Waals surface area (Å²) >= 11 is 0. The van der Waals surface area contributed by atoms with Crippen LogP contribution in [0.25, 0.3) is 0 Å². The van der Waals surface area contributed by atoms with Gasteiger partial charge in [-0.1, -0.05) is 0 Å². The van der Waals surface area contributed by atoms with E-state index in [9.17, 15) is 8.42 Å². The van der Waals surface area contributed by atoms with Crippen molar-refractivity contribution in [2.24, 2.45) is 0 Å². The van der Waals surface area contributed by atoms with E-state index in [1.807, 2.05) is 0 Å². The number of rotatable bonds is 6. The molecule has 0 radical (unpaired) electrons. The summed E-state index contributed by atoms with van der Waals surface area (Å²) in [6.07, 6.45) is -2.24. The van der Waals surface area contributed by atoms with Crippen molar-refractivity contribution in [3.05, 3.63) is 0 Å². The third kappa shape index (κ3) is 16.1. The molecule has 1 atom stereocenters. The van der Waals surface area contributed by atoms with E-state index in [0.717, 1.165) is 0 Å². The Labute approximate surface area is 92.5 Å². The molecule has 9 nitrogen and oxygen atoms in total. The van der Waals surface area contributed by atoms with Gasteiger partial charge in [0.2, 0.25) is 0 Å². The molecule has 6 N–H and O–H groups in total. The summed E-state index contributed by atoms with van der Waals surface area (Å²) in [5.74, 6) is 0. The highest BCUT2D eigenvalue weighted by Crippen LogP contribution is 1.89. The van der Waals surface area contributed by atoms with Crippen molar-refractivity contribution in [3.8, 4) is 0 Å². The van der Waals surface area contributed by atoms with Crippen molar-refractivity contribution in [3.63, 3.8) is 0 Å². The van der Waals surface area contributed by atoms with Gasteiger partial charge in [-0.05, 0) is 0 Å². The third-order valence-corrected chi connectivity index (χ3v) is 1.48. The number of hydrogen-bond donors (Lipinski definition) is 6. The molecule has 0 spiro atoms. The third-order valence-electron chi connectivity index (χ3n) is 1.04. The molecule has 0 saturated heterocycles. The molecule has 0 aromatic heterocycles. The molecule has 0 amide bonds. The quantitative estimate of drug-likeness (QED) is 0.267. The Kier molecular flexibility index (Phi) is 11.1. The molecule has 0 saturated carbocycles. The first-order valence-corrected chi connectivity index (χ1v) is 5.43. The summed E-state index contributed by atoms with van der Waals surface area (Å²) in [4.78, 5) is 0. The Morgan fingerprint density at radius 1 is 0.938 bits per heavy atom. The van der Waals surface area contributed by atoms with E-state index >= 15 is 0 Å². The van der Waals surface area contributed by atoms with Crippen LogP contribution in [0.5, 0.6) is 0 Å². The van der Waals surface area contributed by atoms with Crippen molar-refractivity contribution in [1.29, 1.82) is 0 Å². The molecule has 0 aliphatic carbocycles. The van der Waals surface area contributed by atoms with Gasteiger partial charge in [-0.25, -0.2) is 4.18 Å². The maximum absolute atomic E-state index is 9.79. The molecular formula is C6H16O9S. The van der Waals surface area contributed by atoms with Crippen molar-refractivity contribution in [1.82, 2.24) is 0 Å². The van der Waals surface area contributed by atoms with Gasteiger partial charge in [0, 0.05) is 0 Å². The van der Waals surface area contributed by atoms with E-state index in [2.05, 4.69) is 4.18 Å². The van der Waals surface area contributed by atoms with Crippen LogP contribution >= 0.6 is 0 Å². The average molecular weight is 264 g/mol. The van der Waals surface area contributed by atoms with Crippen LogP contribution in [0.15, 0.2) is 0 Å². The Balaban J connectivity index is 0. The zero-order valence-corrected chi connectivity index (χ0v) is 9.12. The fourth-order valence-corrected chi connectivity index (χ4v) is 0.604. The minimum Gasteiger partial charge on any atom is -0.394 e. The van der Waals surface area contributed by atoms with Gasteiger partial charge in [0.15, 0.2) is 0 Å². The average Bonchev–Trinajstić information content (AvgIpc) is 2.24. The van der Waals surface area contributed by atoms with Crippen LogP contribution in [0, 0.1) is 0 Å². The molecular weight excluding hydrogens is 248 g/mol. The lowest BCUT2D eigenvalue weighted by Gasteiger charge is -2.03. The van der Waals surface area contributed by atoms with Crippen LogP contribution in [0.1, 0.15) is 0 Å². The SMILES string of the molecule is O=S(=O)(O)OCC(O)CO.OCC(O)CO. The zero-order valence-electron chi connectivity index (χ0n) is 8.30. The van der Waals surface area contributed by atoms with Crippen molar-refractivity contribution < 1.29 is 42.7 Å². The summed E-state index contributed by atoms with van der Waals surface area (Å²) in [6.45, 7) is -1.99. The summed E-state index contributed by atoms with van der Waals surface area (Å²) in [5, 5.41) is 40.6. The van der Waals surface area contributed by atoms with Crippen LogP contribution in [0.4, 0.5) is 0 Å². The van der Waals surface area contributed by atoms with Gasteiger partial charge < -0.3 is 25.5 Å². The van der Waals surface area contributed by atoms with E-state index in [4.69, 9.17) is 30.1 Å². The fourth-order valence-electron chi connectivity index (χ4n) is 0.275. The second-order valence-corrected chi connectivity index (χ2v) is 3.66. The largest absolute Gasteiger partial charge is 0.397 e. The standard InChI is InChI=1S/C3H8O6S.C3H8O3/c4-1-3(5)2-9-10(6,7)8;4-1-3(6)2-5/h3-5H,1-2H2,(H,6,7,8);3-6H,1-2H2. The fraction of sp³-hybridized carbons (Fsp3) is 1.00. The molecule has 0 heterocycles. The lowest BCUT2D eigenvalue weighted by atomic mass is 10.4. The molecule has 0 aromatic carbocycles. The van der Waals surface area contributed by atoms with E-state index in [1.165, 1.54) is 0 Å². The molecule has 0 aliphatic rings. The van der Waals surface area contributed by atoms with Crippen molar-refractivity contribution in [2.75, 3.05) is 26.4 Å². The summed E-state index contributed by atoms with van der Waals surface area (Å²) in [6, 6.07) is 0. The maximum Gasteiger partial charge on any atom is 0.397 e. The molecule has 100 valence electrons. The lowest BCUT2D eigenvalue weighted by Crippen LogP contribution is -2.21. The van der Waals surface area contributed by atoms with Gasteiger partial charge >= 0.3 is 10.4 Å². The molecule has 10 heteroatoms. The Morgan fingerprint density at radius 2 is 1.31 bits per heavy atom. The van der Waals surface area contributed by atoms with Crippen LogP contribution in [-0.4, -0.2) is 77.1 Å². The second-order valence-electron chi connectivity index (χ2n) is 2.57. The topological polar surface area (TPSA) is 165 Å². The Hall–Kier alpha value is -0.330. The molecule has 0 bridgehead atoms. The summed E-state index contributed by atoms with van der Waals surface area (Å²) in [7, 11) is -4.50. The van der Waals surface area contributed by atoms with E-state index in [0.29, 0.717) is 0 Å². The summed E-state index contributed by atoms with van der Waals surface area (Å²) in [5.41, 5.74) is 0. The van der Waals surface area contributed by atoms with E-state index in [1.54, 1.807) is 0 Å². The highest BCUT2D eigenvalue weighted by atomic mass is 32.3. The van der Waals surface area contributed by atoms with E-state index < -0.39 is 35.8 Å². The molecule has 0 fully saturated rings. The maximum atomic E-state index is 9.79. The highest BCUT2D eigenvalue weighted by Gasteiger charge is 2.08. The van der Waals surface area contributed by atoms with Crippen molar-refractivity contribution >= 4 is 10.4 Å². The second kappa shape index (κ2) is 9.86. The summed E-state index contributed by atoms with van der Waals surface area (Å²) < 4.78 is 31.2. The zero-order chi connectivity index (χ0) is 13.2. The predicted octanol–water partition coefficient (Wildman–Crippen LogP) is -3.51. The number of aliphatic hydroxyl groups is 5. The molecule has 16 heavy (non-hydrogen) atoms.